The summed E-state index contributed by atoms with van der Waals surface area (Å²) in [6.07, 6.45) is 0.524. The first-order chi connectivity index (χ1) is 8.61. The van der Waals surface area contributed by atoms with Crippen molar-refractivity contribution in [1.29, 1.82) is 0 Å². The van der Waals surface area contributed by atoms with Gasteiger partial charge in [-0.1, -0.05) is 24.3 Å². The van der Waals surface area contributed by atoms with Crippen molar-refractivity contribution >= 4 is 5.97 Å². The molecule has 5 nitrogen and oxygen atoms in total. The molecule has 6 heteroatoms. The van der Waals surface area contributed by atoms with Crippen molar-refractivity contribution in [2.75, 3.05) is 0 Å². The molecule has 0 aliphatic carbocycles. The van der Waals surface area contributed by atoms with Crippen LogP contribution in [-0.2, 0) is 13.0 Å². The van der Waals surface area contributed by atoms with Gasteiger partial charge >= 0.3 is 5.97 Å². The Morgan fingerprint density at radius 1 is 1.39 bits per heavy atom. The highest BCUT2D eigenvalue weighted by atomic mass is 19.1. The topological polar surface area (TPSA) is 68.0 Å². The quantitative estimate of drug-likeness (QED) is 0.895. The monoisotopic (exact) mass is 249 g/mol. The van der Waals surface area contributed by atoms with Crippen LogP contribution in [-0.4, -0.2) is 26.1 Å². The molecule has 1 N–H and O–H groups in total. The molecule has 18 heavy (non-hydrogen) atoms. The highest BCUT2D eigenvalue weighted by Gasteiger charge is 2.17. The van der Waals surface area contributed by atoms with E-state index >= 15 is 0 Å². The van der Waals surface area contributed by atoms with E-state index in [0.29, 0.717) is 18.7 Å². The first-order valence-corrected chi connectivity index (χ1v) is 5.52. The third-order valence-electron chi connectivity index (χ3n) is 2.62. The van der Waals surface area contributed by atoms with Crippen LogP contribution in [0.3, 0.4) is 0 Å². The highest BCUT2D eigenvalue weighted by Crippen LogP contribution is 2.10. The Hall–Kier alpha value is -2.24. The Kier molecular flexibility index (Phi) is 3.36. The van der Waals surface area contributed by atoms with Gasteiger partial charge in [0.2, 0.25) is 0 Å². The fourth-order valence-electron chi connectivity index (χ4n) is 1.74. The van der Waals surface area contributed by atoms with E-state index in [2.05, 4.69) is 10.3 Å². The van der Waals surface area contributed by atoms with E-state index < -0.39 is 5.97 Å². The molecule has 0 aliphatic rings. The number of nitrogens with zero attached hydrogens (tertiary/aromatic N) is 3. The van der Waals surface area contributed by atoms with Crippen molar-refractivity contribution in [3.05, 3.63) is 47.0 Å². The number of aromatic nitrogens is 3. The van der Waals surface area contributed by atoms with Crippen LogP contribution in [0.4, 0.5) is 4.39 Å². The minimum atomic E-state index is -1.09. The van der Waals surface area contributed by atoms with E-state index in [4.69, 9.17) is 5.11 Å². The number of benzene rings is 1. The number of hydrogen-bond donors (Lipinski definition) is 1. The summed E-state index contributed by atoms with van der Waals surface area (Å²) in [5.74, 6) is -1.39. The molecule has 0 atom stereocenters. The molecular weight excluding hydrogens is 237 g/mol. The lowest BCUT2D eigenvalue weighted by molar-refractivity contribution is 0.0689. The number of hydrogen-bond acceptors (Lipinski definition) is 3. The second kappa shape index (κ2) is 4.95. The predicted octanol–water partition coefficient (Wildman–Crippen LogP) is 1.73. The average molecular weight is 249 g/mol. The summed E-state index contributed by atoms with van der Waals surface area (Å²) in [6.45, 7) is 2.22. The first kappa shape index (κ1) is 12.2. The van der Waals surface area contributed by atoms with Crippen molar-refractivity contribution < 1.29 is 14.3 Å². The number of aromatic carboxylic acids is 1. The maximum absolute atomic E-state index is 12.8. The van der Waals surface area contributed by atoms with Gasteiger partial charge in [0.05, 0.1) is 12.2 Å². The Morgan fingerprint density at radius 2 is 2.06 bits per heavy atom. The Labute approximate surface area is 103 Å². The van der Waals surface area contributed by atoms with Gasteiger partial charge in [-0.05, 0) is 24.1 Å². The molecule has 94 valence electrons. The number of carbonyl (C=O) groups is 1. The van der Waals surface area contributed by atoms with Gasteiger partial charge in [-0.3, -0.25) is 0 Å². The van der Waals surface area contributed by atoms with Gasteiger partial charge in [-0.2, -0.15) is 0 Å². The number of carboxylic acids is 1. The van der Waals surface area contributed by atoms with Gasteiger partial charge in [0.1, 0.15) is 5.82 Å². The smallest absolute Gasteiger partial charge is 0.358 e. The summed E-state index contributed by atoms with van der Waals surface area (Å²) in [5, 5.41) is 16.4. The molecule has 0 unspecified atom stereocenters. The zero-order valence-corrected chi connectivity index (χ0v) is 9.80. The van der Waals surface area contributed by atoms with Gasteiger partial charge < -0.3 is 5.11 Å². The highest BCUT2D eigenvalue weighted by molar-refractivity contribution is 5.86. The minimum Gasteiger partial charge on any atom is -0.476 e. The Morgan fingerprint density at radius 3 is 2.61 bits per heavy atom. The third-order valence-corrected chi connectivity index (χ3v) is 2.62. The predicted molar refractivity (Wildman–Crippen MR) is 61.9 cm³/mol. The largest absolute Gasteiger partial charge is 0.476 e. The summed E-state index contributed by atoms with van der Waals surface area (Å²) in [7, 11) is 0. The van der Waals surface area contributed by atoms with Crippen molar-refractivity contribution in [2.45, 2.75) is 19.9 Å². The fourth-order valence-corrected chi connectivity index (χ4v) is 1.74. The summed E-state index contributed by atoms with van der Waals surface area (Å²) in [5.41, 5.74) is 1.37. The second-order valence-corrected chi connectivity index (χ2v) is 3.83. The summed E-state index contributed by atoms with van der Waals surface area (Å²) < 4.78 is 14.3. The van der Waals surface area contributed by atoms with Crippen molar-refractivity contribution in [2.24, 2.45) is 0 Å². The van der Waals surface area contributed by atoms with E-state index in [0.717, 1.165) is 5.56 Å². The minimum absolute atomic E-state index is 0.0281. The van der Waals surface area contributed by atoms with Crippen molar-refractivity contribution in [1.82, 2.24) is 15.0 Å². The van der Waals surface area contributed by atoms with Gasteiger partial charge in [0.25, 0.3) is 0 Å². The zero-order valence-electron chi connectivity index (χ0n) is 9.80. The van der Waals surface area contributed by atoms with Crippen molar-refractivity contribution in [3.63, 3.8) is 0 Å². The number of rotatable bonds is 4. The second-order valence-electron chi connectivity index (χ2n) is 3.83. The summed E-state index contributed by atoms with van der Waals surface area (Å²) in [6, 6.07) is 5.99. The van der Waals surface area contributed by atoms with Crippen LogP contribution in [0.15, 0.2) is 24.3 Å². The van der Waals surface area contributed by atoms with Crippen LogP contribution < -0.4 is 0 Å². The Balaban J connectivity index is 2.29. The van der Waals surface area contributed by atoms with Gasteiger partial charge in [0.15, 0.2) is 5.69 Å². The van der Waals surface area contributed by atoms with Gasteiger partial charge in [-0.15, -0.1) is 5.10 Å². The molecule has 1 aromatic heterocycles. The lowest BCUT2D eigenvalue weighted by Gasteiger charge is -2.05. The fraction of sp³-hybridized carbons (Fsp3) is 0.250. The molecule has 0 aliphatic heterocycles. The molecule has 0 saturated heterocycles. The maximum Gasteiger partial charge on any atom is 0.358 e. The van der Waals surface area contributed by atoms with Crippen LogP contribution in [0, 0.1) is 5.82 Å². The third kappa shape index (κ3) is 2.37. The molecular formula is C12H12FN3O2. The number of halogens is 1. The average Bonchev–Trinajstić information content (AvgIpc) is 2.75. The molecule has 1 aromatic carbocycles. The van der Waals surface area contributed by atoms with Crippen molar-refractivity contribution in [3.8, 4) is 0 Å². The molecule has 2 aromatic rings. The molecule has 1 heterocycles. The first-order valence-electron chi connectivity index (χ1n) is 5.52. The summed E-state index contributed by atoms with van der Waals surface area (Å²) in [4.78, 5) is 10.9. The molecule has 0 amide bonds. The molecule has 0 saturated carbocycles. The molecule has 0 radical (unpaired) electrons. The Bertz CT molecular complexity index is 563. The van der Waals surface area contributed by atoms with Crippen LogP contribution in [0.1, 0.15) is 28.7 Å². The standard InChI is InChI=1S/C12H12FN3O2/c1-2-10-11(12(17)18)14-15-16(10)7-8-3-5-9(13)6-4-8/h3-6H,2,7H2,1H3,(H,17,18). The van der Waals surface area contributed by atoms with E-state index in [1.165, 1.54) is 16.8 Å². The summed E-state index contributed by atoms with van der Waals surface area (Å²) >= 11 is 0. The molecule has 0 fully saturated rings. The van der Waals surface area contributed by atoms with E-state index in [1.54, 1.807) is 12.1 Å². The zero-order chi connectivity index (χ0) is 13.1. The van der Waals surface area contributed by atoms with Crippen LogP contribution in [0.2, 0.25) is 0 Å². The van der Waals surface area contributed by atoms with Gasteiger partial charge in [-0.25, -0.2) is 13.9 Å². The maximum atomic E-state index is 12.8. The molecule has 0 spiro atoms. The lowest BCUT2D eigenvalue weighted by Crippen LogP contribution is -2.08. The molecule has 2 rings (SSSR count). The van der Waals surface area contributed by atoms with Crippen LogP contribution in [0.5, 0.6) is 0 Å². The van der Waals surface area contributed by atoms with E-state index in [1.807, 2.05) is 6.92 Å². The lowest BCUT2D eigenvalue weighted by atomic mass is 10.2. The van der Waals surface area contributed by atoms with Crippen LogP contribution >= 0.6 is 0 Å². The van der Waals surface area contributed by atoms with Gasteiger partial charge in [0, 0.05) is 0 Å². The normalized spacial score (nSPS) is 10.6. The van der Waals surface area contributed by atoms with E-state index in [-0.39, 0.29) is 11.5 Å². The SMILES string of the molecule is CCc1c(C(=O)O)nnn1Cc1ccc(F)cc1. The molecule has 0 bridgehead atoms. The van der Waals surface area contributed by atoms with Crippen LogP contribution in [0.25, 0.3) is 0 Å². The van der Waals surface area contributed by atoms with E-state index in [9.17, 15) is 9.18 Å². The number of carboxylic acid groups (broad SMARTS) is 1.